The average Bonchev–Trinajstić information content (AvgIpc) is 3.03. The Morgan fingerprint density at radius 2 is 1.90 bits per heavy atom. The molecule has 0 fully saturated rings. The Balaban J connectivity index is 2.05. The van der Waals surface area contributed by atoms with Crippen LogP contribution in [0.3, 0.4) is 0 Å². The number of aliphatic hydroxyl groups excluding tert-OH is 1. The SMILES string of the molecule is CCOc1ccc(OC)c(CS(=O)(=O)c2nc3c(n2C)C(=O)N(C)C(O)N3C)c1. The van der Waals surface area contributed by atoms with Crippen LogP contribution < -0.4 is 14.4 Å². The number of sulfone groups is 1. The summed E-state index contributed by atoms with van der Waals surface area (Å²) in [5.41, 5.74) is 0.505. The number of aliphatic hydroxyl groups is 1. The van der Waals surface area contributed by atoms with Crippen molar-refractivity contribution < 1.29 is 27.8 Å². The number of carbonyl (C=O) groups is 1. The molecule has 1 aromatic heterocycles. The van der Waals surface area contributed by atoms with Crippen molar-refractivity contribution in [1.82, 2.24) is 14.5 Å². The van der Waals surface area contributed by atoms with E-state index >= 15 is 0 Å². The van der Waals surface area contributed by atoms with Crippen LogP contribution in [0.15, 0.2) is 23.4 Å². The molecule has 11 heteroatoms. The van der Waals surface area contributed by atoms with E-state index in [4.69, 9.17) is 9.47 Å². The van der Waals surface area contributed by atoms with E-state index in [1.54, 1.807) is 18.2 Å². The number of methoxy groups -OCH3 is 1. The van der Waals surface area contributed by atoms with Crippen molar-refractivity contribution in [2.24, 2.45) is 7.05 Å². The van der Waals surface area contributed by atoms with E-state index in [-0.39, 0.29) is 16.7 Å². The zero-order valence-corrected chi connectivity index (χ0v) is 17.7. The molecule has 1 amide bonds. The van der Waals surface area contributed by atoms with Crippen LogP contribution in [0, 0.1) is 0 Å². The summed E-state index contributed by atoms with van der Waals surface area (Å²) in [4.78, 5) is 19.2. The molecule has 0 radical (unpaired) electrons. The highest BCUT2D eigenvalue weighted by molar-refractivity contribution is 7.90. The standard InChI is InChI=1S/C18H24N4O6S/c1-6-28-12-7-8-13(27-5)11(9-12)10-29(25,26)17-19-15-14(20(17)2)16(23)22(4)18(24)21(15)3/h7-9,18,24H,6,10H2,1-5H3. The summed E-state index contributed by atoms with van der Waals surface area (Å²) in [7, 11) is 1.93. The van der Waals surface area contributed by atoms with Crippen molar-refractivity contribution in [1.29, 1.82) is 0 Å². The lowest BCUT2D eigenvalue weighted by atomic mass is 10.2. The Labute approximate surface area is 169 Å². The molecule has 29 heavy (non-hydrogen) atoms. The number of aromatic nitrogens is 2. The number of hydrogen-bond acceptors (Lipinski definition) is 8. The first-order chi connectivity index (χ1) is 13.6. The van der Waals surface area contributed by atoms with Crippen LogP contribution in [-0.4, -0.2) is 68.0 Å². The van der Waals surface area contributed by atoms with Crippen molar-refractivity contribution in [2.75, 3.05) is 32.7 Å². The third-order valence-corrected chi connectivity index (χ3v) is 6.38. The van der Waals surface area contributed by atoms with Crippen LogP contribution in [0.2, 0.25) is 0 Å². The van der Waals surface area contributed by atoms with Crippen molar-refractivity contribution in [3.8, 4) is 11.5 Å². The fraction of sp³-hybridized carbons (Fsp3) is 0.444. The van der Waals surface area contributed by atoms with Crippen LogP contribution in [0.1, 0.15) is 23.0 Å². The number of imidazole rings is 1. The molecule has 0 saturated heterocycles. The van der Waals surface area contributed by atoms with Crippen LogP contribution in [0.25, 0.3) is 0 Å². The van der Waals surface area contributed by atoms with E-state index in [2.05, 4.69) is 4.98 Å². The second-order valence-corrected chi connectivity index (χ2v) is 8.55. The van der Waals surface area contributed by atoms with Gasteiger partial charge in [-0.3, -0.25) is 9.69 Å². The number of amides is 1. The topological polar surface area (TPSA) is 114 Å². The average molecular weight is 424 g/mol. The molecule has 0 saturated carbocycles. The van der Waals surface area contributed by atoms with Crippen molar-refractivity contribution >= 4 is 21.6 Å². The van der Waals surface area contributed by atoms with Crippen molar-refractivity contribution in [2.45, 2.75) is 24.2 Å². The number of fused-ring (bicyclic) bond motifs is 1. The maximum Gasteiger partial charge on any atom is 0.277 e. The van der Waals surface area contributed by atoms with Gasteiger partial charge in [0.05, 0.1) is 19.5 Å². The molecule has 1 aliphatic rings. The van der Waals surface area contributed by atoms with E-state index < -0.39 is 27.8 Å². The van der Waals surface area contributed by atoms with Gasteiger partial charge < -0.3 is 24.0 Å². The lowest BCUT2D eigenvalue weighted by molar-refractivity contribution is 0.0153. The largest absolute Gasteiger partial charge is 0.496 e. The Bertz CT molecular complexity index is 1050. The molecule has 1 aromatic carbocycles. The maximum absolute atomic E-state index is 13.2. The van der Waals surface area contributed by atoms with Crippen molar-refractivity contribution in [3.63, 3.8) is 0 Å². The lowest BCUT2D eigenvalue weighted by Gasteiger charge is -2.35. The van der Waals surface area contributed by atoms with Crippen LogP contribution in [0.5, 0.6) is 11.5 Å². The summed E-state index contributed by atoms with van der Waals surface area (Å²) in [6.45, 7) is 2.27. The van der Waals surface area contributed by atoms with E-state index in [0.717, 1.165) is 4.90 Å². The first-order valence-electron chi connectivity index (χ1n) is 8.89. The number of ether oxygens (including phenoxy) is 2. The molecule has 0 aliphatic carbocycles. The number of nitrogens with zero attached hydrogens (tertiary/aromatic N) is 4. The van der Waals surface area contributed by atoms with Gasteiger partial charge in [0, 0.05) is 26.7 Å². The highest BCUT2D eigenvalue weighted by atomic mass is 32.2. The fourth-order valence-electron chi connectivity index (χ4n) is 3.26. The maximum atomic E-state index is 13.2. The number of carbonyl (C=O) groups excluding carboxylic acids is 1. The second-order valence-electron chi connectivity index (χ2n) is 6.66. The fourth-order valence-corrected chi connectivity index (χ4v) is 4.76. The third kappa shape index (κ3) is 3.51. The molecule has 1 atom stereocenters. The summed E-state index contributed by atoms with van der Waals surface area (Å²) in [5, 5.41) is 9.88. The van der Waals surface area contributed by atoms with Gasteiger partial charge in [-0.15, -0.1) is 0 Å². The van der Waals surface area contributed by atoms with Gasteiger partial charge in [0.15, 0.2) is 11.5 Å². The Kier molecular flexibility index (Phi) is 5.46. The number of benzene rings is 1. The summed E-state index contributed by atoms with van der Waals surface area (Å²) in [5.74, 6) is 0.128. The van der Waals surface area contributed by atoms with Crippen LogP contribution in [-0.2, 0) is 22.6 Å². The summed E-state index contributed by atoms with van der Waals surface area (Å²) in [6, 6.07) is 4.95. The first kappa shape index (κ1) is 20.9. The second kappa shape index (κ2) is 7.56. The molecular formula is C18H24N4O6S. The Morgan fingerprint density at radius 1 is 1.21 bits per heavy atom. The minimum absolute atomic E-state index is 0.0916. The Hall–Kier alpha value is -2.79. The lowest BCUT2D eigenvalue weighted by Crippen LogP contribution is -2.52. The monoisotopic (exact) mass is 424 g/mol. The molecular weight excluding hydrogens is 400 g/mol. The van der Waals surface area contributed by atoms with Gasteiger partial charge in [-0.05, 0) is 25.1 Å². The van der Waals surface area contributed by atoms with E-state index in [9.17, 15) is 18.3 Å². The van der Waals surface area contributed by atoms with E-state index in [1.807, 2.05) is 6.92 Å². The van der Waals surface area contributed by atoms with Gasteiger partial charge in [0.25, 0.3) is 5.91 Å². The zero-order valence-electron chi connectivity index (χ0n) is 16.9. The van der Waals surface area contributed by atoms with Crippen LogP contribution in [0.4, 0.5) is 5.82 Å². The zero-order chi connectivity index (χ0) is 21.5. The number of rotatable bonds is 6. The van der Waals surface area contributed by atoms with Crippen LogP contribution >= 0.6 is 0 Å². The van der Waals surface area contributed by atoms with Gasteiger partial charge >= 0.3 is 0 Å². The minimum Gasteiger partial charge on any atom is -0.496 e. The molecule has 3 rings (SSSR count). The summed E-state index contributed by atoms with van der Waals surface area (Å²) in [6.07, 6.45) is -1.23. The predicted octanol–water partition coefficient (Wildman–Crippen LogP) is 0.599. The molecule has 10 nitrogen and oxygen atoms in total. The predicted molar refractivity (Wildman–Crippen MR) is 105 cm³/mol. The molecule has 1 aliphatic heterocycles. The molecule has 1 unspecified atom stereocenters. The molecule has 158 valence electrons. The smallest absolute Gasteiger partial charge is 0.277 e. The van der Waals surface area contributed by atoms with Gasteiger partial charge in [-0.2, -0.15) is 4.98 Å². The number of hydrogen-bond donors (Lipinski definition) is 1. The highest BCUT2D eigenvalue weighted by Gasteiger charge is 2.39. The van der Waals surface area contributed by atoms with Gasteiger partial charge in [-0.1, -0.05) is 0 Å². The molecule has 2 aromatic rings. The van der Waals surface area contributed by atoms with Gasteiger partial charge in [0.1, 0.15) is 11.5 Å². The molecule has 0 spiro atoms. The Morgan fingerprint density at radius 3 is 2.52 bits per heavy atom. The number of anilines is 1. The molecule has 1 N–H and O–H groups in total. The molecule has 0 bridgehead atoms. The van der Waals surface area contributed by atoms with Crippen molar-refractivity contribution in [3.05, 3.63) is 29.5 Å². The molecule has 2 heterocycles. The van der Waals surface area contributed by atoms with Gasteiger partial charge in [-0.25, -0.2) is 8.42 Å². The normalized spacial score (nSPS) is 16.8. The quantitative estimate of drug-likeness (QED) is 0.717. The van der Waals surface area contributed by atoms with E-state index in [1.165, 1.54) is 37.7 Å². The highest BCUT2D eigenvalue weighted by Crippen LogP contribution is 2.32. The minimum atomic E-state index is -3.95. The third-order valence-electron chi connectivity index (χ3n) is 4.77. The summed E-state index contributed by atoms with van der Waals surface area (Å²) < 4.78 is 38.3. The van der Waals surface area contributed by atoms with E-state index in [0.29, 0.717) is 23.7 Å². The van der Waals surface area contributed by atoms with Gasteiger partial charge in [0.2, 0.25) is 21.3 Å². The summed E-state index contributed by atoms with van der Waals surface area (Å²) >= 11 is 0. The first-order valence-corrected chi connectivity index (χ1v) is 10.5.